The molecular formula is C24H21N3O3. The number of carbonyl (C=O) groups excluding carboxylic acids is 1. The molecule has 0 spiro atoms. The first kappa shape index (κ1) is 19.4. The van der Waals surface area contributed by atoms with Gasteiger partial charge in [0.25, 0.3) is 11.6 Å². The van der Waals surface area contributed by atoms with Crippen LogP contribution < -0.4 is 10.2 Å². The van der Waals surface area contributed by atoms with Crippen LogP contribution in [0.4, 0.5) is 17.1 Å². The van der Waals surface area contributed by atoms with Gasteiger partial charge in [-0.25, -0.2) is 0 Å². The van der Waals surface area contributed by atoms with Crippen LogP contribution in [0, 0.1) is 24.0 Å². The second-order valence-corrected chi connectivity index (χ2v) is 7.39. The van der Waals surface area contributed by atoms with Gasteiger partial charge in [0.2, 0.25) is 0 Å². The van der Waals surface area contributed by atoms with Crippen molar-refractivity contribution < 1.29 is 9.72 Å². The Morgan fingerprint density at radius 2 is 1.63 bits per heavy atom. The van der Waals surface area contributed by atoms with E-state index in [1.807, 2.05) is 68.5 Å². The molecule has 1 aliphatic rings. The number of carbonyl (C=O) groups is 1. The van der Waals surface area contributed by atoms with E-state index < -0.39 is 11.0 Å². The van der Waals surface area contributed by atoms with Crippen LogP contribution in [0.5, 0.6) is 0 Å². The lowest BCUT2D eigenvalue weighted by atomic mass is 10.0. The molecule has 1 unspecified atom stereocenters. The van der Waals surface area contributed by atoms with Crippen LogP contribution in [0.3, 0.4) is 0 Å². The minimum atomic E-state index is -0.452. The number of anilines is 2. The van der Waals surface area contributed by atoms with Crippen LogP contribution in [0.1, 0.15) is 22.7 Å². The highest BCUT2D eigenvalue weighted by molar-refractivity contribution is 6.11. The summed E-state index contributed by atoms with van der Waals surface area (Å²) in [5.41, 5.74) is 4.79. The van der Waals surface area contributed by atoms with Crippen molar-refractivity contribution in [2.24, 2.45) is 0 Å². The number of aryl methyl sites for hydroxylation is 2. The Hall–Kier alpha value is -3.93. The number of rotatable bonds is 5. The summed E-state index contributed by atoms with van der Waals surface area (Å²) in [6.45, 7) is 3.95. The molecule has 4 rings (SSSR count). The SMILES string of the molecule is Cc1cccc(NC2=CC(c3cccc([N+](=O)[O-])c3)N(c3cccc(C)c3)C2=O)c1. The summed E-state index contributed by atoms with van der Waals surface area (Å²) in [6.07, 6.45) is 1.83. The molecule has 150 valence electrons. The Balaban J connectivity index is 1.77. The fourth-order valence-corrected chi connectivity index (χ4v) is 3.66. The van der Waals surface area contributed by atoms with Crippen LogP contribution in [-0.2, 0) is 4.79 Å². The molecule has 1 amide bonds. The quantitative estimate of drug-likeness (QED) is 0.467. The molecule has 0 fully saturated rings. The van der Waals surface area contributed by atoms with Gasteiger partial charge in [0.1, 0.15) is 5.70 Å². The molecule has 0 saturated carbocycles. The van der Waals surface area contributed by atoms with Gasteiger partial charge in [-0.3, -0.25) is 19.8 Å². The number of nitrogens with one attached hydrogen (secondary N) is 1. The Bertz CT molecular complexity index is 1170. The molecule has 30 heavy (non-hydrogen) atoms. The van der Waals surface area contributed by atoms with Gasteiger partial charge in [-0.2, -0.15) is 0 Å². The average Bonchev–Trinajstić information content (AvgIpc) is 3.04. The molecule has 0 saturated heterocycles. The summed E-state index contributed by atoms with van der Waals surface area (Å²) >= 11 is 0. The number of benzene rings is 3. The smallest absolute Gasteiger partial charge is 0.275 e. The molecule has 0 aromatic heterocycles. The zero-order chi connectivity index (χ0) is 21.3. The van der Waals surface area contributed by atoms with Gasteiger partial charge in [-0.05, 0) is 60.9 Å². The maximum atomic E-state index is 13.4. The predicted molar refractivity (Wildman–Crippen MR) is 117 cm³/mol. The Kier molecular flexibility index (Phi) is 5.06. The molecule has 6 nitrogen and oxygen atoms in total. The van der Waals surface area contributed by atoms with E-state index in [0.29, 0.717) is 11.3 Å². The van der Waals surface area contributed by atoms with Crippen molar-refractivity contribution in [2.75, 3.05) is 10.2 Å². The van der Waals surface area contributed by atoms with Crippen molar-refractivity contribution in [2.45, 2.75) is 19.9 Å². The summed E-state index contributed by atoms with van der Waals surface area (Å²) in [6, 6.07) is 21.4. The topological polar surface area (TPSA) is 75.5 Å². The number of amides is 1. The molecule has 0 bridgehead atoms. The van der Waals surface area contributed by atoms with Gasteiger partial charge in [-0.1, -0.05) is 36.4 Å². The number of hydrogen-bond donors (Lipinski definition) is 1. The molecule has 0 radical (unpaired) electrons. The Labute approximate surface area is 174 Å². The monoisotopic (exact) mass is 399 g/mol. The van der Waals surface area contributed by atoms with Crippen molar-refractivity contribution in [3.05, 3.63) is 111 Å². The minimum Gasteiger partial charge on any atom is -0.351 e. The number of nitro groups is 1. The first-order chi connectivity index (χ1) is 14.4. The standard InChI is InChI=1S/C24H21N3O3/c1-16-6-3-9-19(12-16)25-22-15-23(18-8-5-11-21(14-18)27(29)30)26(24(22)28)20-10-4-7-17(2)13-20/h3-15,23,25H,1-2H3. The number of nitro benzene ring substituents is 1. The number of nitrogens with zero attached hydrogens (tertiary/aromatic N) is 2. The molecule has 1 aliphatic heterocycles. The van der Waals surface area contributed by atoms with E-state index >= 15 is 0 Å². The average molecular weight is 399 g/mol. The van der Waals surface area contributed by atoms with E-state index in [1.54, 1.807) is 17.0 Å². The van der Waals surface area contributed by atoms with Crippen molar-refractivity contribution in [1.29, 1.82) is 0 Å². The van der Waals surface area contributed by atoms with Crippen molar-refractivity contribution in [1.82, 2.24) is 0 Å². The van der Waals surface area contributed by atoms with Gasteiger partial charge in [0.15, 0.2) is 0 Å². The van der Waals surface area contributed by atoms with Gasteiger partial charge in [-0.15, -0.1) is 0 Å². The fourth-order valence-electron chi connectivity index (χ4n) is 3.66. The molecule has 0 aliphatic carbocycles. The second kappa shape index (κ2) is 7.83. The largest absolute Gasteiger partial charge is 0.351 e. The van der Waals surface area contributed by atoms with Gasteiger partial charge in [0.05, 0.1) is 11.0 Å². The summed E-state index contributed by atoms with van der Waals surface area (Å²) in [4.78, 5) is 25.9. The zero-order valence-electron chi connectivity index (χ0n) is 16.7. The van der Waals surface area contributed by atoms with Crippen molar-refractivity contribution >= 4 is 23.0 Å². The summed E-state index contributed by atoms with van der Waals surface area (Å²) in [5.74, 6) is -0.182. The van der Waals surface area contributed by atoms with Crippen LogP contribution in [0.2, 0.25) is 0 Å². The van der Waals surface area contributed by atoms with E-state index in [2.05, 4.69) is 5.32 Å². The van der Waals surface area contributed by atoms with Crippen molar-refractivity contribution in [3.63, 3.8) is 0 Å². The predicted octanol–water partition coefficient (Wildman–Crippen LogP) is 5.30. The third-order valence-electron chi connectivity index (χ3n) is 5.05. The Morgan fingerprint density at radius 3 is 2.33 bits per heavy atom. The van der Waals surface area contributed by atoms with E-state index in [9.17, 15) is 14.9 Å². The Morgan fingerprint density at radius 1 is 0.933 bits per heavy atom. The molecule has 3 aromatic carbocycles. The maximum Gasteiger partial charge on any atom is 0.275 e. The van der Waals surface area contributed by atoms with Gasteiger partial charge < -0.3 is 5.32 Å². The van der Waals surface area contributed by atoms with E-state index in [-0.39, 0.29) is 11.6 Å². The third-order valence-corrected chi connectivity index (χ3v) is 5.05. The molecule has 1 heterocycles. The second-order valence-electron chi connectivity index (χ2n) is 7.39. The first-order valence-electron chi connectivity index (χ1n) is 9.62. The minimum absolute atomic E-state index is 0.00219. The summed E-state index contributed by atoms with van der Waals surface area (Å²) < 4.78 is 0. The summed E-state index contributed by atoms with van der Waals surface area (Å²) in [7, 11) is 0. The molecule has 3 aromatic rings. The fraction of sp³-hybridized carbons (Fsp3) is 0.125. The number of non-ortho nitro benzene ring substituents is 1. The normalized spacial score (nSPS) is 15.8. The number of hydrogen-bond acceptors (Lipinski definition) is 4. The van der Waals surface area contributed by atoms with Crippen LogP contribution >= 0.6 is 0 Å². The van der Waals surface area contributed by atoms with Gasteiger partial charge >= 0.3 is 0 Å². The first-order valence-corrected chi connectivity index (χ1v) is 9.62. The molecule has 1 N–H and O–H groups in total. The molecule has 6 heteroatoms. The molecular weight excluding hydrogens is 378 g/mol. The van der Waals surface area contributed by atoms with E-state index in [1.165, 1.54) is 12.1 Å². The highest BCUT2D eigenvalue weighted by Crippen LogP contribution is 2.37. The highest BCUT2D eigenvalue weighted by Gasteiger charge is 2.35. The van der Waals surface area contributed by atoms with Crippen LogP contribution in [-0.4, -0.2) is 10.8 Å². The van der Waals surface area contributed by atoms with Crippen LogP contribution in [0.15, 0.2) is 84.6 Å². The van der Waals surface area contributed by atoms with Gasteiger partial charge in [0, 0.05) is 23.5 Å². The highest BCUT2D eigenvalue weighted by atomic mass is 16.6. The molecule has 1 atom stereocenters. The van der Waals surface area contributed by atoms with Crippen molar-refractivity contribution in [3.8, 4) is 0 Å². The maximum absolute atomic E-state index is 13.4. The lowest BCUT2D eigenvalue weighted by Crippen LogP contribution is -2.30. The third kappa shape index (κ3) is 3.80. The zero-order valence-corrected chi connectivity index (χ0v) is 16.7. The van der Waals surface area contributed by atoms with E-state index in [4.69, 9.17) is 0 Å². The lowest BCUT2D eigenvalue weighted by molar-refractivity contribution is -0.384. The van der Waals surface area contributed by atoms with Crippen LogP contribution in [0.25, 0.3) is 0 Å². The summed E-state index contributed by atoms with van der Waals surface area (Å²) in [5, 5.41) is 14.5. The van der Waals surface area contributed by atoms with E-state index in [0.717, 1.165) is 22.5 Å². The lowest BCUT2D eigenvalue weighted by Gasteiger charge is -2.25.